The first kappa shape index (κ1) is 15.2. The molecule has 0 saturated heterocycles. The summed E-state index contributed by atoms with van der Waals surface area (Å²) >= 11 is 6.16. The number of imidazole rings is 1. The van der Waals surface area contributed by atoms with Crippen LogP contribution in [0.25, 0.3) is 16.9 Å². The van der Waals surface area contributed by atoms with Crippen LogP contribution in [0, 0.1) is 11.3 Å². The Balaban J connectivity index is 1.94. The molecule has 1 aliphatic rings. The zero-order valence-corrected chi connectivity index (χ0v) is 14.3. The molecule has 1 unspecified atom stereocenters. The normalized spacial score (nSPS) is 15.0. The second-order valence-electron chi connectivity index (χ2n) is 6.46. The molecule has 3 aromatic rings. The molecule has 0 N–H and O–H groups in total. The van der Waals surface area contributed by atoms with Gasteiger partial charge in [0.2, 0.25) is 0 Å². The Morgan fingerprint density at radius 2 is 1.96 bits per heavy atom. The van der Waals surface area contributed by atoms with Crippen LogP contribution in [0.4, 0.5) is 0 Å². The van der Waals surface area contributed by atoms with E-state index in [4.69, 9.17) is 16.6 Å². The molecule has 0 fully saturated rings. The lowest BCUT2D eigenvalue weighted by atomic mass is 9.89. The molecule has 24 heavy (non-hydrogen) atoms. The summed E-state index contributed by atoms with van der Waals surface area (Å²) in [7, 11) is 0. The van der Waals surface area contributed by atoms with Crippen LogP contribution in [0.3, 0.4) is 0 Å². The second kappa shape index (κ2) is 5.96. The van der Waals surface area contributed by atoms with Crippen LogP contribution in [0.1, 0.15) is 42.5 Å². The van der Waals surface area contributed by atoms with Gasteiger partial charge in [-0.1, -0.05) is 23.7 Å². The third kappa shape index (κ3) is 2.48. The summed E-state index contributed by atoms with van der Waals surface area (Å²) in [6, 6.07) is 12.7. The minimum Gasteiger partial charge on any atom is -0.301 e. The van der Waals surface area contributed by atoms with Gasteiger partial charge in [0.15, 0.2) is 0 Å². The van der Waals surface area contributed by atoms with Crippen LogP contribution in [-0.4, -0.2) is 9.38 Å². The minimum atomic E-state index is -0.260. The lowest BCUT2D eigenvalue weighted by Crippen LogP contribution is -2.03. The molecule has 1 aromatic carbocycles. The quantitative estimate of drug-likeness (QED) is 0.649. The number of pyridine rings is 1. The van der Waals surface area contributed by atoms with Crippen LogP contribution in [-0.2, 0) is 12.8 Å². The highest BCUT2D eigenvalue weighted by Gasteiger charge is 2.20. The molecule has 120 valence electrons. The van der Waals surface area contributed by atoms with Gasteiger partial charge in [0.1, 0.15) is 5.65 Å². The van der Waals surface area contributed by atoms with Crippen molar-refractivity contribution in [3.8, 4) is 17.3 Å². The van der Waals surface area contributed by atoms with Gasteiger partial charge in [0.05, 0.1) is 28.4 Å². The van der Waals surface area contributed by atoms with Crippen molar-refractivity contribution in [2.45, 2.75) is 38.5 Å². The fourth-order valence-corrected chi connectivity index (χ4v) is 3.77. The van der Waals surface area contributed by atoms with Crippen LogP contribution >= 0.6 is 11.6 Å². The van der Waals surface area contributed by atoms with E-state index in [1.165, 1.54) is 24.0 Å². The van der Waals surface area contributed by atoms with E-state index >= 15 is 0 Å². The third-order valence-corrected chi connectivity index (χ3v) is 5.07. The smallest absolute Gasteiger partial charge is 0.137 e. The van der Waals surface area contributed by atoms with Crippen LogP contribution in [0.5, 0.6) is 0 Å². The maximum atomic E-state index is 9.47. The Bertz CT molecular complexity index is 965. The fraction of sp³-hybridized carbons (Fsp3) is 0.300. The zero-order valence-electron chi connectivity index (χ0n) is 13.6. The number of fused-ring (bicyclic) bond motifs is 2. The number of halogens is 1. The lowest BCUT2D eigenvalue weighted by molar-refractivity contribution is 0.686. The summed E-state index contributed by atoms with van der Waals surface area (Å²) in [6.07, 6.45) is 6.66. The molecule has 0 amide bonds. The first-order chi connectivity index (χ1) is 11.7. The predicted molar refractivity (Wildman–Crippen MR) is 96.3 cm³/mol. The number of aryl methyl sites for hydroxylation is 2. The maximum absolute atomic E-state index is 9.47. The molecule has 0 radical (unpaired) electrons. The van der Waals surface area contributed by atoms with Crippen molar-refractivity contribution in [3.63, 3.8) is 0 Å². The molecule has 0 aliphatic heterocycles. The standard InChI is InChI=1S/C20H18ClN3/c1-13(11-22)20-19(23-18-9-8-17(21)12-24(18)20)16-7-6-14-4-2-3-5-15(14)10-16/h6-10,12-13H,2-5H2,1H3. The minimum absolute atomic E-state index is 0.260. The number of nitrogens with zero attached hydrogens (tertiary/aromatic N) is 3. The van der Waals surface area contributed by atoms with E-state index < -0.39 is 0 Å². The van der Waals surface area contributed by atoms with Crippen molar-refractivity contribution in [2.24, 2.45) is 0 Å². The van der Waals surface area contributed by atoms with Crippen molar-refractivity contribution in [1.82, 2.24) is 9.38 Å². The summed E-state index contributed by atoms with van der Waals surface area (Å²) in [4.78, 5) is 4.80. The Hall–Kier alpha value is -2.31. The number of hydrogen-bond donors (Lipinski definition) is 0. The first-order valence-electron chi connectivity index (χ1n) is 8.36. The topological polar surface area (TPSA) is 41.1 Å². The number of aromatic nitrogens is 2. The van der Waals surface area contributed by atoms with Crippen molar-refractivity contribution in [1.29, 1.82) is 5.26 Å². The molecule has 4 rings (SSSR count). The lowest BCUT2D eigenvalue weighted by Gasteiger charge is -2.16. The van der Waals surface area contributed by atoms with Gasteiger partial charge in [0.25, 0.3) is 0 Å². The first-order valence-corrected chi connectivity index (χ1v) is 8.74. The van der Waals surface area contributed by atoms with Gasteiger partial charge in [-0.2, -0.15) is 5.26 Å². The van der Waals surface area contributed by atoms with E-state index in [0.29, 0.717) is 5.02 Å². The van der Waals surface area contributed by atoms with Gasteiger partial charge in [0, 0.05) is 11.8 Å². The van der Waals surface area contributed by atoms with Gasteiger partial charge in [-0.15, -0.1) is 0 Å². The monoisotopic (exact) mass is 335 g/mol. The Kier molecular flexibility index (Phi) is 3.78. The van der Waals surface area contributed by atoms with E-state index in [-0.39, 0.29) is 5.92 Å². The van der Waals surface area contributed by atoms with E-state index in [2.05, 4.69) is 24.3 Å². The molecular formula is C20H18ClN3. The van der Waals surface area contributed by atoms with Gasteiger partial charge in [-0.3, -0.25) is 0 Å². The van der Waals surface area contributed by atoms with E-state index in [0.717, 1.165) is 35.4 Å². The number of rotatable bonds is 2. The van der Waals surface area contributed by atoms with Gasteiger partial charge in [-0.05, 0) is 61.9 Å². The van der Waals surface area contributed by atoms with E-state index in [1.807, 2.05) is 29.7 Å². The Labute approximate surface area is 146 Å². The number of benzene rings is 1. The zero-order chi connectivity index (χ0) is 16.7. The molecule has 1 atom stereocenters. The molecule has 2 heterocycles. The average Bonchev–Trinajstić information content (AvgIpc) is 2.99. The molecular weight excluding hydrogens is 318 g/mol. The summed E-state index contributed by atoms with van der Waals surface area (Å²) < 4.78 is 1.95. The highest BCUT2D eigenvalue weighted by molar-refractivity contribution is 6.30. The SMILES string of the molecule is CC(C#N)c1c(-c2ccc3c(c2)CCCC3)nc2ccc(Cl)cn12. The van der Waals surface area contributed by atoms with Crippen molar-refractivity contribution < 1.29 is 0 Å². The Morgan fingerprint density at radius 1 is 1.17 bits per heavy atom. The van der Waals surface area contributed by atoms with Crippen molar-refractivity contribution in [3.05, 3.63) is 58.4 Å². The van der Waals surface area contributed by atoms with Crippen molar-refractivity contribution in [2.75, 3.05) is 0 Å². The Morgan fingerprint density at radius 3 is 2.75 bits per heavy atom. The largest absolute Gasteiger partial charge is 0.301 e. The molecule has 0 spiro atoms. The molecule has 4 heteroatoms. The van der Waals surface area contributed by atoms with Crippen molar-refractivity contribution >= 4 is 17.2 Å². The highest BCUT2D eigenvalue weighted by atomic mass is 35.5. The van der Waals surface area contributed by atoms with Gasteiger partial charge < -0.3 is 4.40 Å². The van der Waals surface area contributed by atoms with Crippen LogP contribution in [0.2, 0.25) is 5.02 Å². The second-order valence-corrected chi connectivity index (χ2v) is 6.90. The van der Waals surface area contributed by atoms with Crippen LogP contribution in [0.15, 0.2) is 36.5 Å². The third-order valence-electron chi connectivity index (χ3n) is 4.85. The summed E-state index contributed by atoms with van der Waals surface area (Å²) in [5.74, 6) is -0.260. The maximum Gasteiger partial charge on any atom is 0.137 e. The molecule has 0 saturated carbocycles. The highest BCUT2D eigenvalue weighted by Crippen LogP contribution is 2.33. The predicted octanol–water partition coefficient (Wildman–Crippen LogP) is 5.16. The van der Waals surface area contributed by atoms with Gasteiger partial charge in [-0.25, -0.2) is 4.98 Å². The summed E-state index contributed by atoms with van der Waals surface area (Å²) in [5, 5.41) is 10.1. The van der Waals surface area contributed by atoms with Gasteiger partial charge >= 0.3 is 0 Å². The fourth-order valence-electron chi connectivity index (χ4n) is 3.60. The molecule has 2 aromatic heterocycles. The summed E-state index contributed by atoms with van der Waals surface area (Å²) in [6.45, 7) is 1.91. The summed E-state index contributed by atoms with van der Waals surface area (Å²) in [5.41, 5.74) is 6.58. The van der Waals surface area contributed by atoms with Crippen LogP contribution < -0.4 is 0 Å². The molecule has 3 nitrogen and oxygen atoms in total. The average molecular weight is 336 g/mol. The van der Waals surface area contributed by atoms with E-state index in [9.17, 15) is 5.26 Å². The molecule has 0 bridgehead atoms. The number of nitriles is 1. The van der Waals surface area contributed by atoms with E-state index in [1.54, 1.807) is 0 Å². The number of hydrogen-bond acceptors (Lipinski definition) is 2. The molecule has 1 aliphatic carbocycles.